The van der Waals surface area contributed by atoms with Crippen molar-refractivity contribution in [3.8, 4) is 0 Å². The summed E-state index contributed by atoms with van der Waals surface area (Å²) in [5.41, 5.74) is 0. The number of piperazine rings is 1. The third-order valence-corrected chi connectivity index (χ3v) is 4.93. The minimum Gasteiger partial charge on any atom is -0.380 e. The van der Waals surface area contributed by atoms with E-state index < -0.39 is 0 Å². The number of rotatable bonds is 2. The molecule has 3 fully saturated rings. The number of hydrogen-bond acceptors (Lipinski definition) is 3. The van der Waals surface area contributed by atoms with Crippen LogP contribution in [0.1, 0.15) is 39.0 Å². The van der Waals surface area contributed by atoms with Crippen molar-refractivity contribution in [3.05, 3.63) is 0 Å². The molecular weight excluding hydrogens is 212 g/mol. The van der Waals surface area contributed by atoms with E-state index in [-0.39, 0.29) is 0 Å². The zero-order valence-electron chi connectivity index (χ0n) is 11.1. The van der Waals surface area contributed by atoms with Crippen molar-refractivity contribution in [2.75, 3.05) is 32.8 Å². The summed E-state index contributed by atoms with van der Waals surface area (Å²) in [5, 5.41) is 0. The Morgan fingerprint density at radius 2 is 2.06 bits per heavy atom. The smallest absolute Gasteiger partial charge is 0.0622 e. The highest BCUT2D eigenvalue weighted by Crippen LogP contribution is 2.28. The first-order valence-corrected chi connectivity index (χ1v) is 7.46. The molecule has 3 nitrogen and oxygen atoms in total. The Labute approximate surface area is 105 Å². The molecule has 17 heavy (non-hydrogen) atoms. The van der Waals surface area contributed by atoms with Crippen LogP contribution in [0.4, 0.5) is 0 Å². The normalized spacial score (nSPS) is 40.4. The fourth-order valence-electron chi connectivity index (χ4n) is 3.87. The van der Waals surface area contributed by atoms with E-state index in [1.54, 1.807) is 0 Å². The largest absolute Gasteiger partial charge is 0.380 e. The lowest BCUT2D eigenvalue weighted by Crippen LogP contribution is -2.61. The Bertz CT molecular complexity index is 253. The summed E-state index contributed by atoms with van der Waals surface area (Å²) in [7, 11) is 0. The molecule has 0 amide bonds. The Morgan fingerprint density at radius 1 is 1.12 bits per heavy atom. The maximum atomic E-state index is 5.58. The number of ether oxygens (including phenoxy) is 1. The van der Waals surface area contributed by atoms with Crippen LogP contribution in [-0.4, -0.2) is 60.8 Å². The Morgan fingerprint density at radius 3 is 2.82 bits per heavy atom. The van der Waals surface area contributed by atoms with Gasteiger partial charge in [0.05, 0.1) is 6.61 Å². The summed E-state index contributed by atoms with van der Waals surface area (Å²) in [6, 6.07) is 2.33. The minimum absolute atomic E-state index is 0.712. The highest BCUT2D eigenvalue weighted by atomic mass is 16.5. The van der Waals surface area contributed by atoms with Crippen molar-refractivity contribution < 1.29 is 4.74 Å². The van der Waals surface area contributed by atoms with Crippen LogP contribution >= 0.6 is 0 Å². The van der Waals surface area contributed by atoms with E-state index >= 15 is 0 Å². The van der Waals surface area contributed by atoms with Crippen LogP contribution < -0.4 is 0 Å². The van der Waals surface area contributed by atoms with E-state index in [4.69, 9.17) is 4.74 Å². The van der Waals surface area contributed by atoms with Crippen LogP contribution in [-0.2, 0) is 4.74 Å². The Balaban J connectivity index is 1.68. The molecule has 3 atom stereocenters. The zero-order chi connectivity index (χ0) is 11.7. The molecule has 3 saturated heterocycles. The summed E-state index contributed by atoms with van der Waals surface area (Å²) in [5.74, 6) is 0. The van der Waals surface area contributed by atoms with Crippen LogP contribution in [0, 0.1) is 0 Å². The molecular formula is C14H26N2O. The van der Waals surface area contributed by atoms with Gasteiger partial charge in [0.1, 0.15) is 0 Å². The van der Waals surface area contributed by atoms with Gasteiger partial charge in [-0.05, 0) is 32.2 Å². The maximum absolute atomic E-state index is 5.58. The number of hydrogen-bond donors (Lipinski definition) is 0. The van der Waals surface area contributed by atoms with Crippen LogP contribution in [0.3, 0.4) is 0 Å². The summed E-state index contributed by atoms with van der Waals surface area (Å²) in [6.45, 7) is 8.24. The minimum atomic E-state index is 0.712. The first-order valence-electron chi connectivity index (χ1n) is 7.46. The van der Waals surface area contributed by atoms with Gasteiger partial charge >= 0.3 is 0 Å². The van der Waals surface area contributed by atoms with Crippen LogP contribution in [0.5, 0.6) is 0 Å². The van der Waals surface area contributed by atoms with Gasteiger partial charge in [0.25, 0.3) is 0 Å². The molecule has 0 aromatic heterocycles. The monoisotopic (exact) mass is 238 g/mol. The number of nitrogens with zero attached hydrogens (tertiary/aromatic N) is 2. The summed E-state index contributed by atoms with van der Waals surface area (Å²) < 4.78 is 5.58. The quantitative estimate of drug-likeness (QED) is 0.728. The van der Waals surface area contributed by atoms with Crippen molar-refractivity contribution in [1.29, 1.82) is 0 Å². The summed E-state index contributed by atoms with van der Waals surface area (Å²) in [6.07, 6.45) is 6.82. The third-order valence-electron chi connectivity index (χ3n) is 4.93. The van der Waals surface area contributed by atoms with Gasteiger partial charge in [-0.25, -0.2) is 0 Å². The lowest BCUT2D eigenvalue weighted by molar-refractivity contribution is -0.0171. The second kappa shape index (κ2) is 5.25. The first kappa shape index (κ1) is 11.9. The van der Waals surface area contributed by atoms with E-state index in [9.17, 15) is 0 Å². The number of piperidine rings is 1. The Hall–Kier alpha value is -0.120. The molecule has 98 valence electrons. The van der Waals surface area contributed by atoms with Gasteiger partial charge in [0, 0.05) is 37.8 Å². The highest BCUT2D eigenvalue weighted by molar-refractivity contribution is 4.93. The molecule has 3 heteroatoms. The molecule has 3 unspecified atom stereocenters. The van der Waals surface area contributed by atoms with Crippen molar-refractivity contribution in [2.24, 2.45) is 0 Å². The molecule has 3 aliphatic heterocycles. The van der Waals surface area contributed by atoms with Gasteiger partial charge < -0.3 is 4.74 Å². The summed E-state index contributed by atoms with van der Waals surface area (Å²) >= 11 is 0. The van der Waals surface area contributed by atoms with Crippen molar-refractivity contribution in [3.63, 3.8) is 0 Å². The van der Waals surface area contributed by atoms with Crippen molar-refractivity contribution in [1.82, 2.24) is 9.80 Å². The molecule has 0 aromatic rings. The molecule has 0 radical (unpaired) electrons. The van der Waals surface area contributed by atoms with E-state index in [1.807, 2.05) is 0 Å². The summed E-state index contributed by atoms with van der Waals surface area (Å²) in [4.78, 5) is 5.53. The lowest BCUT2D eigenvalue weighted by Gasteiger charge is -2.50. The highest BCUT2D eigenvalue weighted by Gasteiger charge is 2.38. The van der Waals surface area contributed by atoms with Crippen LogP contribution in [0.15, 0.2) is 0 Å². The second-order valence-electron chi connectivity index (χ2n) is 5.92. The fraction of sp³-hybridized carbons (Fsp3) is 1.00. The lowest BCUT2D eigenvalue weighted by atomic mass is 9.94. The maximum Gasteiger partial charge on any atom is 0.0622 e. The standard InChI is InChI=1S/C14H26N2O/c1-2-12-9-15-7-4-3-5-13(15)10-16(12)14-6-8-17-11-14/h12-14H,2-11H2,1H3. The molecule has 3 aliphatic rings. The van der Waals surface area contributed by atoms with Gasteiger partial charge in [-0.15, -0.1) is 0 Å². The van der Waals surface area contributed by atoms with E-state index in [0.29, 0.717) is 6.04 Å². The molecule has 0 aromatic carbocycles. The average Bonchev–Trinajstić information content (AvgIpc) is 2.91. The van der Waals surface area contributed by atoms with Gasteiger partial charge in [-0.1, -0.05) is 13.3 Å². The van der Waals surface area contributed by atoms with Gasteiger partial charge in [-0.3, -0.25) is 9.80 Å². The average molecular weight is 238 g/mol. The van der Waals surface area contributed by atoms with E-state index in [0.717, 1.165) is 25.3 Å². The van der Waals surface area contributed by atoms with Crippen molar-refractivity contribution in [2.45, 2.75) is 57.2 Å². The molecule has 0 bridgehead atoms. The molecule has 0 N–H and O–H groups in total. The molecule has 3 rings (SSSR count). The molecule has 0 aliphatic carbocycles. The van der Waals surface area contributed by atoms with Crippen LogP contribution in [0.25, 0.3) is 0 Å². The zero-order valence-corrected chi connectivity index (χ0v) is 11.1. The van der Waals surface area contributed by atoms with Gasteiger partial charge in [-0.2, -0.15) is 0 Å². The van der Waals surface area contributed by atoms with E-state index in [2.05, 4.69) is 16.7 Å². The molecule has 0 saturated carbocycles. The van der Waals surface area contributed by atoms with Gasteiger partial charge in [0.15, 0.2) is 0 Å². The van der Waals surface area contributed by atoms with Gasteiger partial charge in [0.2, 0.25) is 0 Å². The Kier molecular flexibility index (Phi) is 3.69. The topological polar surface area (TPSA) is 15.7 Å². The van der Waals surface area contributed by atoms with Crippen molar-refractivity contribution >= 4 is 0 Å². The molecule has 0 spiro atoms. The number of fused-ring (bicyclic) bond motifs is 1. The second-order valence-corrected chi connectivity index (χ2v) is 5.92. The fourth-order valence-corrected chi connectivity index (χ4v) is 3.87. The predicted molar refractivity (Wildman–Crippen MR) is 69.2 cm³/mol. The first-order chi connectivity index (χ1) is 8.38. The molecule has 3 heterocycles. The SMILES string of the molecule is CCC1CN2CCCCC2CN1C1CCOC1. The van der Waals surface area contributed by atoms with E-state index in [1.165, 1.54) is 51.7 Å². The van der Waals surface area contributed by atoms with Crippen LogP contribution in [0.2, 0.25) is 0 Å². The third kappa shape index (κ3) is 2.38. The predicted octanol–water partition coefficient (Wildman–Crippen LogP) is 1.72.